The second-order valence-electron chi connectivity index (χ2n) is 6.78. The lowest BCUT2D eigenvalue weighted by Crippen LogP contribution is -2.36. The number of benzene rings is 1. The molecule has 2 aliphatic rings. The van der Waals surface area contributed by atoms with Crippen molar-refractivity contribution in [3.05, 3.63) is 35.4 Å². The van der Waals surface area contributed by atoms with Gasteiger partial charge in [-0.15, -0.1) is 0 Å². The first-order valence-corrected chi connectivity index (χ1v) is 8.13. The third-order valence-electron chi connectivity index (χ3n) is 5.71. The Morgan fingerprint density at radius 3 is 2.67 bits per heavy atom. The van der Waals surface area contributed by atoms with E-state index in [2.05, 4.69) is 36.1 Å². The van der Waals surface area contributed by atoms with Crippen molar-refractivity contribution >= 4 is 5.97 Å². The summed E-state index contributed by atoms with van der Waals surface area (Å²) in [6.07, 6.45) is 3.86. The summed E-state index contributed by atoms with van der Waals surface area (Å²) in [6.45, 7) is 5.92. The molecular formula is C18H25NO2. The Hall–Kier alpha value is -1.35. The summed E-state index contributed by atoms with van der Waals surface area (Å²) in [7, 11) is 0. The lowest BCUT2D eigenvalue weighted by atomic mass is 9.80. The van der Waals surface area contributed by atoms with Gasteiger partial charge < -0.3 is 5.11 Å². The molecule has 0 bridgehead atoms. The lowest BCUT2D eigenvalue weighted by molar-refractivity contribution is -0.148. The molecule has 1 aromatic rings. The summed E-state index contributed by atoms with van der Waals surface area (Å²) < 4.78 is 0. The van der Waals surface area contributed by atoms with Gasteiger partial charge in [0.05, 0.1) is 5.41 Å². The van der Waals surface area contributed by atoms with E-state index in [-0.39, 0.29) is 0 Å². The summed E-state index contributed by atoms with van der Waals surface area (Å²) in [5, 5.41) is 9.59. The van der Waals surface area contributed by atoms with E-state index < -0.39 is 11.4 Å². The summed E-state index contributed by atoms with van der Waals surface area (Å²) >= 11 is 0. The van der Waals surface area contributed by atoms with Crippen LogP contribution < -0.4 is 0 Å². The number of fused-ring (bicyclic) bond motifs is 1. The third-order valence-corrected chi connectivity index (χ3v) is 5.71. The number of nitrogens with zero attached hydrogens (tertiary/aromatic N) is 1. The highest BCUT2D eigenvalue weighted by atomic mass is 16.4. The zero-order valence-electron chi connectivity index (χ0n) is 13.0. The first-order valence-electron chi connectivity index (χ1n) is 8.13. The Balaban J connectivity index is 1.87. The molecule has 0 saturated carbocycles. The van der Waals surface area contributed by atoms with Crippen LogP contribution >= 0.6 is 0 Å². The molecule has 1 saturated heterocycles. The van der Waals surface area contributed by atoms with Crippen LogP contribution in [0.5, 0.6) is 0 Å². The Morgan fingerprint density at radius 2 is 2.05 bits per heavy atom. The van der Waals surface area contributed by atoms with Crippen LogP contribution in [0.1, 0.15) is 62.6 Å². The van der Waals surface area contributed by atoms with Crippen molar-refractivity contribution in [1.82, 2.24) is 4.90 Å². The van der Waals surface area contributed by atoms with Gasteiger partial charge in [-0.25, -0.2) is 0 Å². The largest absolute Gasteiger partial charge is 0.481 e. The van der Waals surface area contributed by atoms with E-state index in [4.69, 9.17) is 0 Å². The average molecular weight is 287 g/mol. The van der Waals surface area contributed by atoms with Gasteiger partial charge in [0.15, 0.2) is 0 Å². The van der Waals surface area contributed by atoms with E-state index in [0.717, 1.165) is 25.8 Å². The van der Waals surface area contributed by atoms with Gasteiger partial charge >= 0.3 is 5.97 Å². The molecular weight excluding hydrogens is 262 g/mol. The number of rotatable bonds is 3. The smallest absolute Gasteiger partial charge is 0.310 e. The normalized spacial score (nSPS) is 32.9. The standard InChI is InChI=1S/C18H25NO2/c1-3-18(17(20)21)10-11-19(12-18)16-9-8-13(2)14-6-4-5-7-15(14)16/h4-7,13,16H,3,8-12H2,1-2H3,(H,20,21). The monoisotopic (exact) mass is 287 g/mol. The van der Waals surface area contributed by atoms with Crippen LogP contribution in [-0.2, 0) is 4.79 Å². The fourth-order valence-corrected chi connectivity index (χ4v) is 4.15. The number of hydrogen-bond donors (Lipinski definition) is 1. The molecule has 1 N–H and O–H groups in total. The predicted molar refractivity (Wildman–Crippen MR) is 83.4 cm³/mol. The van der Waals surface area contributed by atoms with Gasteiger partial charge in [-0.2, -0.15) is 0 Å². The van der Waals surface area contributed by atoms with E-state index in [9.17, 15) is 9.90 Å². The molecule has 1 heterocycles. The molecule has 0 amide bonds. The molecule has 3 unspecified atom stereocenters. The Labute approximate surface area is 127 Å². The van der Waals surface area contributed by atoms with E-state index in [1.165, 1.54) is 17.5 Å². The number of hydrogen-bond acceptors (Lipinski definition) is 2. The number of likely N-dealkylation sites (tertiary alicyclic amines) is 1. The van der Waals surface area contributed by atoms with E-state index in [1.54, 1.807) is 0 Å². The van der Waals surface area contributed by atoms with Crippen molar-refractivity contribution in [2.24, 2.45) is 5.41 Å². The molecule has 21 heavy (non-hydrogen) atoms. The number of carboxylic acids is 1. The fourth-order valence-electron chi connectivity index (χ4n) is 4.15. The molecule has 3 atom stereocenters. The quantitative estimate of drug-likeness (QED) is 0.919. The Morgan fingerprint density at radius 1 is 1.33 bits per heavy atom. The molecule has 3 rings (SSSR count). The van der Waals surface area contributed by atoms with Crippen LogP contribution in [0.2, 0.25) is 0 Å². The molecule has 1 aliphatic carbocycles. The van der Waals surface area contributed by atoms with Crippen LogP contribution in [-0.4, -0.2) is 29.1 Å². The maximum atomic E-state index is 11.7. The van der Waals surface area contributed by atoms with Crippen molar-refractivity contribution in [2.45, 2.75) is 51.5 Å². The molecule has 0 radical (unpaired) electrons. The van der Waals surface area contributed by atoms with Crippen molar-refractivity contribution in [3.8, 4) is 0 Å². The highest BCUT2D eigenvalue weighted by Crippen LogP contribution is 2.45. The van der Waals surface area contributed by atoms with Gasteiger partial charge in [-0.05, 0) is 49.3 Å². The maximum Gasteiger partial charge on any atom is 0.310 e. The van der Waals surface area contributed by atoms with Crippen molar-refractivity contribution in [2.75, 3.05) is 13.1 Å². The molecule has 1 aliphatic heterocycles. The molecule has 0 aromatic heterocycles. The first kappa shape index (κ1) is 14.6. The predicted octanol–water partition coefficient (Wildman–Crippen LogP) is 3.81. The number of aliphatic carboxylic acids is 1. The minimum atomic E-state index is -0.620. The van der Waals surface area contributed by atoms with E-state index in [0.29, 0.717) is 18.5 Å². The highest BCUT2D eigenvalue weighted by molar-refractivity contribution is 5.75. The van der Waals surface area contributed by atoms with Gasteiger partial charge in [0.1, 0.15) is 0 Å². The van der Waals surface area contributed by atoms with Gasteiger partial charge in [-0.3, -0.25) is 9.69 Å². The molecule has 1 aromatic carbocycles. The average Bonchev–Trinajstić information content (AvgIpc) is 2.94. The zero-order chi connectivity index (χ0) is 15.0. The lowest BCUT2D eigenvalue weighted by Gasteiger charge is -2.36. The van der Waals surface area contributed by atoms with Crippen molar-refractivity contribution in [1.29, 1.82) is 0 Å². The molecule has 3 heteroatoms. The van der Waals surface area contributed by atoms with Crippen LogP contribution in [0, 0.1) is 5.41 Å². The minimum Gasteiger partial charge on any atom is -0.481 e. The van der Waals surface area contributed by atoms with Crippen molar-refractivity contribution in [3.63, 3.8) is 0 Å². The summed E-state index contributed by atoms with van der Waals surface area (Å²) in [4.78, 5) is 14.1. The topological polar surface area (TPSA) is 40.5 Å². The van der Waals surface area contributed by atoms with Gasteiger partial charge in [0.25, 0.3) is 0 Å². The van der Waals surface area contributed by atoms with Gasteiger partial charge in [-0.1, -0.05) is 38.1 Å². The first-order chi connectivity index (χ1) is 10.1. The van der Waals surface area contributed by atoms with Crippen LogP contribution in [0.4, 0.5) is 0 Å². The van der Waals surface area contributed by atoms with Crippen molar-refractivity contribution < 1.29 is 9.90 Å². The van der Waals surface area contributed by atoms with Gasteiger partial charge in [0, 0.05) is 12.6 Å². The van der Waals surface area contributed by atoms with Crippen LogP contribution in [0.15, 0.2) is 24.3 Å². The summed E-state index contributed by atoms with van der Waals surface area (Å²) in [5.74, 6) is 0.000391. The Kier molecular flexibility index (Phi) is 3.78. The zero-order valence-corrected chi connectivity index (χ0v) is 13.0. The van der Waals surface area contributed by atoms with E-state index in [1.807, 2.05) is 6.92 Å². The Bertz CT molecular complexity index is 542. The fraction of sp³-hybridized carbons (Fsp3) is 0.611. The summed E-state index contributed by atoms with van der Waals surface area (Å²) in [5.41, 5.74) is 2.35. The highest BCUT2D eigenvalue weighted by Gasteiger charge is 2.45. The minimum absolute atomic E-state index is 0.408. The summed E-state index contributed by atoms with van der Waals surface area (Å²) in [6, 6.07) is 9.12. The second kappa shape index (κ2) is 5.45. The van der Waals surface area contributed by atoms with E-state index >= 15 is 0 Å². The van der Waals surface area contributed by atoms with Gasteiger partial charge in [0.2, 0.25) is 0 Å². The second-order valence-corrected chi connectivity index (χ2v) is 6.78. The molecule has 3 nitrogen and oxygen atoms in total. The molecule has 114 valence electrons. The van der Waals surface area contributed by atoms with Crippen LogP contribution in [0.3, 0.4) is 0 Å². The molecule has 0 spiro atoms. The third kappa shape index (κ3) is 2.38. The number of carboxylic acid groups (broad SMARTS) is 1. The maximum absolute atomic E-state index is 11.7. The number of carbonyl (C=O) groups is 1. The SMILES string of the molecule is CCC1(C(=O)O)CCN(C2CCC(C)c3ccccc32)C1. The van der Waals surface area contributed by atoms with Crippen LogP contribution in [0.25, 0.3) is 0 Å². The molecule has 1 fully saturated rings.